The van der Waals surface area contributed by atoms with E-state index < -0.39 is 16.0 Å². The summed E-state index contributed by atoms with van der Waals surface area (Å²) in [7, 11) is -2.58. The van der Waals surface area contributed by atoms with E-state index in [9.17, 15) is 13.2 Å². The van der Waals surface area contributed by atoms with E-state index in [-0.39, 0.29) is 17.0 Å². The highest BCUT2D eigenvalue weighted by Gasteiger charge is 2.20. The lowest BCUT2D eigenvalue weighted by Gasteiger charge is -2.14. The molecule has 0 radical (unpaired) electrons. The normalized spacial score (nSPS) is 11.4. The number of methoxy groups -OCH3 is 1. The predicted molar refractivity (Wildman–Crippen MR) is 105 cm³/mol. The van der Waals surface area contributed by atoms with Crippen molar-refractivity contribution in [2.75, 3.05) is 7.11 Å². The molecule has 1 aromatic heterocycles. The Morgan fingerprint density at radius 2 is 1.93 bits per heavy atom. The van der Waals surface area contributed by atoms with Gasteiger partial charge in [0.15, 0.2) is 0 Å². The molecular weight excluding hydrogens is 378 g/mol. The summed E-state index contributed by atoms with van der Waals surface area (Å²) in [5, 5.41) is 0. The minimum absolute atomic E-state index is 0.0479. The van der Waals surface area contributed by atoms with E-state index in [2.05, 4.69) is 14.4 Å². The first-order valence-corrected chi connectivity index (χ1v) is 10.1. The number of hydrogen-bond donors (Lipinski definition) is 1. The lowest BCUT2D eigenvalue weighted by molar-refractivity contribution is 0.0600. The van der Waals surface area contributed by atoms with E-state index in [4.69, 9.17) is 0 Å². The van der Waals surface area contributed by atoms with Crippen molar-refractivity contribution in [3.05, 3.63) is 77.4 Å². The van der Waals surface area contributed by atoms with Crippen LogP contribution in [0.15, 0.2) is 59.8 Å². The molecule has 0 unspecified atom stereocenters. The Kier molecular flexibility index (Phi) is 5.62. The molecule has 0 aliphatic carbocycles. The van der Waals surface area contributed by atoms with Crippen LogP contribution in [0.2, 0.25) is 0 Å². The van der Waals surface area contributed by atoms with Gasteiger partial charge in [-0.25, -0.2) is 22.9 Å². The molecule has 146 valence electrons. The summed E-state index contributed by atoms with van der Waals surface area (Å²) in [6.45, 7) is 3.65. The maximum Gasteiger partial charge on any atom is 0.337 e. The summed E-state index contributed by atoms with van der Waals surface area (Å²) in [5.74, 6) is 0.217. The Morgan fingerprint density at radius 1 is 1.18 bits per heavy atom. The van der Waals surface area contributed by atoms with Gasteiger partial charge < -0.3 is 9.30 Å². The van der Waals surface area contributed by atoms with Gasteiger partial charge in [-0.1, -0.05) is 24.3 Å². The number of para-hydroxylation sites is 1. The van der Waals surface area contributed by atoms with Gasteiger partial charge in [0.2, 0.25) is 10.0 Å². The largest absolute Gasteiger partial charge is 0.465 e. The number of ether oxygens (including phenoxy) is 1. The van der Waals surface area contributed by atoms with Crippen LogP contribution in [0.4, 0.5) is 0 Å². The first-order chi connectivity index (χ1) is 13.3. The highest BCUT2D eigenvalue weighted by atomic mass is 32.2. The quantitative estimate of drug-likeness (QED) is 0.644. The van der Waals surface area contributed by atoms with Gasteiger partial charge in [-0.05, 0) is 43.2 Å². The van der Waals surface area contributed by atoms with Gasteiger partial charge in [0.25, 0.3) is 0 Å². The molecule has 0 atom stereocenters. The lowest BCUT2D eigenvalue weighted by Crippen LogP contribution is -2.25. The second-order valence-corrected chi connectivity index (χ2v) is 8.00. The molecule has 0 amide bonds. The van der Waals surface area contributed by atoms with E-state index in [1.54, 1.807) is 19.2 Å². The molecule has 0 aliphatic heterocycles. The third kappa shape index (κ3) is 3.97. The number of benzene rings is 2. The summed E-state index contributed by atoms with van der Waals surface area (Å²) < 4.78 is 34.9. The van der Waals surface area contributed by atoms with Gasteiger partial charge in [-0.2, -0.15) is 0 Å². The van der Waals surface area contributed by atoms with Crippen molar-refractivity contribution in [3.8, 4) is 5.69 Å². The maximum atomic E-state index is 12.9. The number of imidazole rings is 1. The average Bonchev–Trinajstić information content (AvgIpc) is 3.12. The number of aromatic nitrogens is 2. The molecule has 0 spiro atoms. The van der Waals surface area contributed by atoms with Crippen molar-refractivity contribution in [2.45, 2.75) is 25.3 Å². The van der Waals surface area contributed by atoms with Crippen LogP contribution in [-0.2, 0) is 21.3 Å². The van der Waals surface area contributed by atoms with Crippen LogP contribution in [0, 0.1) is 13.8 Å². The summed E-state index contributed by atoms with van der Waals surface area (Å²) >= 11 is 0. The third-order valence-corrected chi connectivity index (χ3v) is 5.97. The number of hydrogen-bond acceptors (Lipinski definition) is 5. The fourth-order valence-electron chi connectivity index (χ4n) is 2.91. The summed E-state index contributed by atoms with van der Waals surface area (Å²) in [6, 6.07) is 12.0. The molecule has 0 aliphatic rings. The van der Waals surface area contributed by atoms with Crippen LogP contribution in [0.25, 0.3) is 5.69 Å². The van der Waals surface area contributed by atoms with Crippen LogP contribution < -0.4 is 4.72 Å². The van der Waals surface area contributed by atoms with Crippen molar-refractivity contribution in [1.29, 1.82) is 0 Å². The minimum atomic E-state index is -3.83. The first kappa shape index (κ1) is 19.8. The number of aryl methyl sites for hydroxylation is 2. The Labute approximate surface area is 164 Å². The molecule has 1 N–H and O–H groups in total. The minimum Gasteiger partial charge on any atom is -0.465 e. The highest BCUT2D eigenvalue weighted by molar-refractivity contribution is 7.89. The van der Waals surface area contributed by atoms with Crippen molar-refractivity contribution >= 4 is 16.0 Å². The third-order valence-electron chi connectivity index (χ3n) is 4.43. The Balaban J connectivity index is 1.90. The molecule has 7 nitrogen and oxygen atoms in total. The van der Waals surface area contributed by atoms with Gasteiger partial charge in [0.1, 0.15) is 5.82 Å². The fourth-order valence-corrected chi connectivity index (χ4v) is 4.19. The van der Waals surface area contributed by atoms with Crippen molar-refractivity contribution in [1.82, 2.24) is 14.3 Å². The van der Waals surface area contributed by atoms with Crippen LogP contribution in [0.1, 0.15) is 27.3 Å². The SMILES string of the molecule is COC(=O)c1ccc(C)c(S(=O)(=O)NCc2ccccc2-n2ccnc2C)c1. The first-order valence-electron chi connectivity index (χ1n) is 8.60. The molecule has 3 aromatic rings. The number of rotatable bonds is 6. The molecule has 28 heavy (non-hydrogen) atoms. The van der Waals surface area contributed by atoms with Crippen molar-refractivity contribution < 1.29 is 17.9 Å². The van der Waals surface area contributed by atoms with Gasteiger partial charge in [-0.15, -0.1) is 0 Å². The smallest absolute Gasteiger partial charge is 0.337 e. The zero-order valence-electron chi connectivity index (χ0n) is 15.8. The van der Waals surface area contributed by atoms with Gasteiger partial charge in [0, 0.05) is 18.9 Å². The van der Waals surface area contributed by atoms with E-state index in [0.29, 0.717) is 5.56 Å². The van der Waals surface area contributed by atoms with E-state index in [1.165, 1.54) is 19.2 Å². The highest BCUT2D eigenvalue weighted by Crippen LogP contribution is 2.20. The number of nitrogens with one attached hydrogen (secondary N) is 1. The zero-order chi connectivity index (χ0) is 20.3. The van der Waals surface area contributed by atoms with Crippen molar-refractivity contribution in [3.63, 3.8) is 0 Å². The van der Waals surface area contributed by atoms with Crippen LogP contribution in [0.3, 0.4) is 0 Å². The zero-order valence-corrected chi connectivity index (χ0v) is 16.7. The molecule has 0 fully saturated rings. The lowest BCUT2D eigenvalue weighted by atomic mass is 10.1. The van der Waals surface area contributed by atoms with Crippen molar-refractivity contribution in [2.24, 2.45) is 0 Å². The average molecular weight is 399 g/mol. The van der Waals surface area contributed by atoms with Gasteiger partial charge >= 0.3 is 5.97 Å². The second kappa shape index (κ2) is 7.95. The molecule has 3 rings (SSSR count). The molecule has 1 heterocycles. The predicted octanol–water partition coefficient (Wildman–Crippen LogP) is 2.75. The molecule has 8 heteroatoms. The number of carbonyl (C=O) groups is 1. The van der Waals surface area contributed by atoms with Crippen LogP contribution in [0.5, 0.6) is 0 Å². The topological polar surface area (TPSA) is 90.3 Å². The summed E-state index contributed by atoms with van der Waals surface area (Å²) in [5.41, 5.74) is 2.37. The number of nitrogens with zero attached hydrogens (tertiary/aromatic N) is 2. The molecular formula is C20H21N3O4S. The number of sulfonamides is 1. The maximum absolute atomic E-state index is 12.9. The molecule has 0 saturated carbocycles. The molecule has 0 bridgehead atoms. The molecule has 0 saturated heterocycles. The van der Waals surface area contributed by atoms with Gasteiger partial charge in [-0.3, -0.25) is 0 Å². The van der Waals surface area contributed by atoms with Crippen LogP contribution in [-0.4, -0.2) is 31.0 Å². The monoisotopic (exact) mass is 399 g/mol. The van der Waals surface area contributed by atoms with E-state index in [0.717, 1.165) is 17.1 Å². The Bertz CT molecular complexity index is 1120. The van der Waals surface area contributed by atoms with E-state index >= 15 is 0 Å². The summed E-state index contributed by atoms with van der Waals surface area (Å²) in [6.07, 6.45) is 3.52. The Morgan fingerprint density at radius 3 is 2.61 bits per heavy atom. The Hall–Kier alpha value is -2.97. The number of esters is 1. The molecule has 2 aromatic carbocycles. The summed E-state index contributed by atoms with van der Waals surface area (Å²) in [4.78, 5) is 16.0. The fraction of sp³-hybridized carbons (Fsp3) is 0.200. The second-order valence-electron chi connectivity index (χ2n) is 6.27. The standard InChI is InChI=1S/C20H21N3O4S/c1-14-8-9-16(20(24)27-3)12-19(14)28(25,26)22-13-17-6-4-5-7-18(17)23-11-10-21-15(23)2/h4-12,22H,13H2,1-3H3. The van der Waals surface area contributed by atoms with Crippen LogP contribution >= 0.6 is 0 Å². The van der Waals surface area contributed by atoms with E-state index in [1.807, 2.05) is 42.0 Å². The van der Waals surface area contributed by atoms with Gasteiger partial charge in [0.05, 0.1) is 23.3 Å². The number of carbonyl (C=O) groups excluding carboxylic acids is 1.